The zero-order valence-corrected chi connectivity index (χ0v) is 10.8. The van der Waals surface area contributed by atoms with E-state index in [-0.39, 0.29) is 30.9 Å². The molecule has 1 aliphatic rings. The van der Waals surface area contributed by atoms with Crippen molar-refractivity contribution in [3.63, 3.8) is 0 Å². The number of anilines is 1. The number of hydrogen-bond donors (Lipinski definition) is 1. The summed E-state index contributed by atoms with van der Waals surface area (Å²) < 4.78 is 4.93. The third-order valence-electron chi connectivity index (χ3n) is 2.25. The Morgan fingerprint density at radius 3 is 2.82 bits per heavy atom. The highest BCUT2D eigenvalue weighted by atomic mass is 35.5. The van der Waals surface area contributed by atoms with Gasteiger partial charge in [-0.15, -0.1) is 24.8 Å². The molecule has 0 radical (unpaired) electrons. The molecule has 96 valence electrons. The lowest BCUT2D eigenvalue weighted by Crippen LogP contribution is -2.38. The minimum atomic E-state index is -0.331. The first-order valence-electron chi connectivity index (χ1n) is 4.91. The predicted molar refractivity (Wildman–Crippen MR) is 69.9 cm³/mol. The molecule has 1 fully saturated rings. The molecular formula is C10H15Cl2N3O2. The monoisotopic (exact) mass is 279 g/mol. The normalized spacial score (nSPS) is 14.4. The van der Waals surface area contributed by atoms with E-state index in [2.05, 4.69) is 4.98 Å². The van der Waals surface area contributed by atoms with Gasteiger partial charge in [-0.2, -0.15) is 0 Å². The van der Waals surface area contributed by atoms with Crippen molar-refractivity contribution in [3.8, 4) is 0 Å². The van der Waals surface area contributed by atoms with E-state index in [1.165, 1.54) is 4.90 Å². The molecule has 2 heterocycles. The number of rotatable bonds is 2. The van der Waals surface area contributed by atoms with Crippen LogP contribution in [0.3, 0.4) is 0 Å². The second-order valence-corrected chi connectivity index (χ2v) is 3.31. The molecule has 0 spiro atoms. The molecule has 7 heteroatoms. The number of aromatic nitrogens is 1. The van der Waals surface area contributed by atoms with Crippen LogP contribution in [-0.2, 0) is 11.3 Å². The molecule has 2 N–H and O–H groups in total. The number of amides is 1. The summed E-state index contributed by atoms with van der Waals surface area (Å²) in [5.74, 6) is 0.614. The van der Waals surface area contributed by atoms with Crippen LogP contribution in [0.2, 0.25) is 0 Å². The van der Waals surface area contributed by atoms with Gasteiger partial charge in [0.2, 0.25) is 0 Å². The molecule has 0 saturated carbocycles. The molecule has 1 aromatic heterocycles. The Hall–Kier alpha value is -1.04. The Morgan fingerprint density at radius 1 is 1.41 bits per heavy atom. The van der Waals surface area contributed by atoms with Crippen molar-refractivity contribution in [2.45, 2.75) is 13.0 Å². The van der Waals surface area contributed by atoms with Gasteiger partial charge in [-0.05, 0) is 18.6 Å². The van der Waals surface area contributed by atoms with Crippen LogP contribution in [0, 0.1) is 0 Å². The third-order valence-corrected chi connectivity index (χ3v) is 2.25. The fraction of sp³-hybridized carbons (Fsp3) is 0.400. The Morgan fingerprint density at radius 2 is 2.18 bits per heavy atom. The summed E-state index contributed by atoms with van der Waals surface area (Å²) in [7, 11) is 0. The van der Waals surface area contributed by atoms with Gasteiger partial charge >= 0.3 is 6.09 Å². The van der Waals surface area contributed by atoms with Gasteiger partial charge in [-0.3, -0.25) is 4.90 Å². The summed E-state index contributed by atoms with van der Waals surface area (Å²) in [5.41, 5.74) is 6.26. The zero-order chi connectivity index (χ0) is 10.7. The first kappa shape index (κ1) is 16.0. The molecular weight excluding hydrogens is 265 g/mol. The van der Waals surface area contributed by atoms with Gasteiger partial charge in [0.1, 0.15) is 5.82 Å². The molecule has 0 atom stereocenters. The summed E-state index contributed by atoms with van der Waals surface area (Å²) in [6.07, 6.45) is 0.503. The molecule has 0 aliphatic carbocycles. The van der Waals surface area contributed by atoms with Crippen LogP contribution >= 0.6 is 24.8 Å². The Labute approximate surface area is 112 Å². The van der Waals surface area contributed by atoms with Crippen LogP contribution < -0.4 is 10.6 Å². The highest BCUT2D eigenvalue weighted by molar-refractivity contribution is 5.86. The maximum absolute atomic E-state index is 11.4. The lowest BCUT2D eigenvalue weighted by Gasteiger charge is -2.25. The van der Waals surface area contributed by atoms with Gasteiger partial charge in [-0.25, -0.2) is 9.78 Å². The summed E-state index contributed by atoms with van der Waals surface area (Å²) in [5, 5.41) is 0. The molecule has 1 aromatic rings. The topological polar surface area (TPSA) is 68.4 Å². The number of carbonyl (C=O) groups excluding carboxylic acids is 1. The van der Waals surface area contributed by atoms with Gasteiger partial charge < -0.3 is 10.5 Å². The van der Waals surface area contributed by atoms with Crippen LogP contribution in [0.25, 0.3) is 0 Å². The quantitative estimate of drug-likeness (QED) is 0.895. The SMILES string of the molecule is Cl.Cl.NCc1cccc(N2CCCOC2=O)n1. The number of hydrogen-bond acceptors (Lipinski definition) is 4. The van der Waals surface area contributed by atoms with Crippen molar-refractivity contribution >= 4 is 36.7 Å². The molecule has 0 unspecified atom stereocenters. The third kappa shape index (κ3) is 3.73. The first-order valence-corrected chi connectivity index (χ1v) is 4.91. The van der Waals surface area contributed by atoms with Crippen molar-refractivity contribution in [3.05, 3.63) is 23.9 Å². The molecule has 17 heavy (non-hydrogen) atoms. The standard InChI is InChI=1S/C10H13N3O2.2ClH/c11-7-8-3-1-4-9(12-8)13-5-2-6-15-10(13)14;;/h1,3-4H,2,5-7,11H2;2*1H. The van der Waals surface area contributed by atoms with E-state index in [9.17, 15) is 4.79 Å². The lowest BCUT2D eigenvalue weighted by molar-refractivity contribution is 0.140. The number of carbonyl (C=O) groups is 1. The van der Waals surface area contributed by atoms with Crippen LogP contribution in [0.4, 0.5) is 10.6 Å². The van der Waals surface area contributed by atoms with Crippen LogP contribution in [0.5, 0.6) is 0 Å². The van der Waals surface area contributed by atoms with E-state index >= 15 is 0 Å². The van der Waals surface area contributed by atoms with Crippen LogP contribution in [-0.4, -0.2) is 24.2 Å². The van der Waals surface area contributed by atoms with Gasteiger partial charge in [0, 0.05) is 13.1 Å². The highest BCUT2D eigenvalue weighted by Gasteiger charge is 2.22. The molecule has 1 saturated heterocycles. The smallest absolute Gasteiger partial charge is 0.415 e. The fourth-order valence-electron chi connectivity index (χ4n) is 1.49. The zero-order valence-electron chi connectivity index (χ0n) is 9.17. The van der Waals surface area contributed by atoms with E-state index in [1.807, 2.05) is 12.1 Å². The number of ether oxygens (including phenoxy) is 1. The lowest BCUT2D eigenvalue weighted by atomic mass is 10.3. The Balaban J connectivity index is 0.00000128. The minimum Gasteiger partial charge on any atom is -0.449 e. The summed E-state index contributed by atoms with van der Waals surface area (Å²) in [6, 6.07) is 5.46. The molecule has 2 rings (SSSR count). The molecule has 0 bridgehead atoms. The summed E-state index contributed by atoms with van der Waals surface area (Å²) >= 11 is 0. The number of nitrogens with two attached hydrogens (primary N) is 1. The van der Waals surface area contributed by atoms with Crippen LogP contribution in [0.1, 0.15) is 12.1 Å². The average Bonchev–Trinajstić information content (AvgIpc) is 2.30. The largest absolute Gasteiger partial charge is 0.449 e. The number of pyridine rings is 1. The maximum atomic E-state index is 11.4. The molecule has 0 aromatic carbocycles. The maximum Gasteiger partial charge on any atom is 0.415 e. The first-order chi connectivity index (χ1) is 7.31. The summed E-state index contributed by atoms with van der Waals surface area (Å²) in [6.45, 7) is 1.52. The van der Waals surface area contributed by atoms with Gasteiger partial charge in [0.15, 0.2) is 0 Å². The van der Waals surface area contributed by atoms with Crippen molar-refractivity contribution in [1.29, 1.82) is 0 Å². The molecule has 5 nitrogen and oxygen atoms in total. The molecule has 1 amide bonds. The van der Waals surface area contributed by atoms with E-state index in [4.69, 9.17) is 10.5 Å². The second-order valence-electron chi connectivity index (χ2n) is 3.31. The van der Waals surface area contributed by atoms with E-state index in [0.29, 0.717) is 25.5 Å². The Kier molecular flexibility index (Phi) is 6.87. The van der Waals surface area contributed by atoms with Gasteiger partial charge in [-0.1, -0.05) is 6.07 Å². The van der Waals surface area contributed by atoms with E-state index < -0.39 is 0 Å². The van der Waals surface area contributed by atoms with E-state index in [1.54, 1.807) is 6.07 Å². The number of halogens is 2. The average molecular weight is 280 g/mol. The Bertz CT molecular complexity index is 376. The van der Waals surface area contributed by atoms with E-state index in [0.717, 1.165) is 12.1 Å². The summed E-state index contributed by atoms with van der Waals surface area (Å²) in [4.78, 5) is 17.2. The van der Waals surface area contributed by atoms with Gasteiger partial charge in [0.25, 0.3) is 0 Å². The van der Waals surface area contributed by atoms with Crippen molar-refractivity contribution in [1.82, 2.24) is 4.98 Å². The minimum absolute atomic E-state index is 0. The van der Waals surface area contributed by atoms with Gasteiger partial charge in [0.05, 0.1) is 12.3 Å². The highest BCUT2D eigenvalue weighted by Crippen LogP contribution is 2.16. The van der Waals surface area contributed by atoms with Crippen molar-refractivity contribution < 1.29 is 9.53 Å². The predicted octanol–water partition coefficient (Wildman–Crippen LogP) is 1.73. The van der Waals surface area contributed by atoms with Crippen molar-refractivity contribution in [2.24, 2.45) is 5.73 Å². The fourth-order valence-corrected chi connectivity index (χ4v) is 1.49. The second kappa shape index (κ2) is 7.32. The number of nitrogens with zero attached hydrogens (tertiary/aromatic N) is 2. The molecule has 1 aliphatic heterocycles. The number of cyclic esters (lactones) is 1. The van der Waals surface area contributed by atoms with Crippen LogP contribution in [0.15, 0.2) is 18.2 Å². The van der Waals surface area contributed by atoms with Crippen molar-refractivity contribution in [2.75, 3.05) is 18.1 Å².